The van der Waals surface area contributed by atoms with Crippen LogP contribution in [0.2, 0.25) is 0 Å². The minimum atomic E-state index is 0.787. The number of aromatic nitrogens is 2. The van der Waals surface area contributed by atoms with Crippen molar-refractivity contribution in [1.82, 2.24) is 9.55 Å². The summed E-state index contributed by atoms with van der Waals surface area (Å²) in [5.74, 6) is 1.64. The first-order chi connectivity index (χ1) is 10.3. The van der Waals surface area contributed by atoms with E-state index in [1.165, 1.54) is 0 Å². The number of aryl methyl sites for hydroxylation is 1. The van der Waals surface area contributed by atoms with Crippen LogP contribution in [0.1, 0.15) is 5.56 Å². The average molecular weight is 279 g/mol. The summed E-state index contributed by atoms with van der Waals surface area (Å²) < 4.78 is 7.25. The molecule has 3 aromatic rings. The van der Waals surface area contributed by atoms with Gasteiger partial charge in [-0.25, -0.2) is 4.98 Å². The highest BCUT2D eigenvalue weighted by atomic mass is 16.5. The van der Waals surface area contributed by atoms with Crippen LogP contribution in [0, 0.1) is 6.92 Å². The molecule has 0 fully saturated rings. The minimum absolute atomic E-state index is 0.787. The molecule has 0 saturated heterocycles. The van der Waals surface area contributed by atoms with Gasteiger partial charge < -0.3 is 10.1 Å². The normalized spacial score (nSPS) is 10.4. The molecule has 1 aromatic heterocycles. The van der Waals surface area contributed by atoms with E-state index < -0.39 is 0 Å². The van der Waals surface area contributed by atoms with Gasteiger partial charge in [-0.15, -0.1) is 0 Å². The maximum atomic E-state index is 5.23. The zero-order valence-corrected chi connectivity index (χ0v) is 12.1. The number of methoxy groups -OCH3 is 1. The molecule has 2 aromatic carbocycles. The standard InChI is InChI=1S/C17H17N3O/c1-13-12-15(21-2)8-9-16(13)19-17-18-10-11-20(17)14-6-4-3-5-7-14/h3-12H,1-2H3,(H,18,19). The van der Waals surface area contributed by atoms with Gasteiger partial charge in [0, 0.05) is 23.8 Å². The smallest absolute Gasteiger partial charge is 0.212 e. The van der Waals surface area contributed by atoms with Crippen molar-refractivity contribution in [3.05, 3.63) is 66.5 Å². The van der Waals surface area contributed by atoms with Crippen molar-refractivity contribution in [1.29, 1.82) is 0 Å². The molecule has 1 heterocycles. The third-order valence-electron chi connectivity index (χ3n) is 3.36. The quantitative estimate of drug-likeness (QED) is 0.786. The Hall–Kier alpha value is -2.75. The Morgan fingerprint density at radius 3 is 2.62 bits per heavy atom. The van der Waals surface area contributed by atoms with Crippen LogP contribution in [0.25, 0.3) is 5.69 Å². The number of ether oxygens (including phenoxy) is 1. The van der Waals surface area contributed by atoms with Crippen LogP contribution in [-0.4, -0.2) is 16.7 Å². The molecular formula is C17H17N3O. The van der Waals surface area contributed by atoms with Crippen molar-refractivity contribution in [2.24, 2.45) is 0 Å². The Labute approximate surface area is 124 Å². The fourth-order valence-corrected chi connectivity index (χ4v) is 2.22. The van der Waals surface area contributed by atoms with Crippen LogP contribution in [0.3, 0.4) is 0 Å². The molecule has 1 N–H and O–H groups in total. The molecule has 0 aliphatic heterocycles. The fraction of sp³-hybridized carbons (Fsp3) is 0.118. The molecule has 4 heteroatoms. The first kappa shape index (κ1) is 13.2. The van der Waals surface area contributed by atoms with E-state index in [1.54, 1.807) is 13.3 Å². The summed E-state index contributed by atoms with van der Waals surface area (Å²) in [4.78, 5) is 4.39. The number of para-hydroxylation sites is 1. The monoisotopic (exact) mass is 279 g/mol. The van der Waals surface area contributed by atoms with E-state index in [0.29, 0.717) is 0 Å². The maximum Gasteiger partial charge on any atom is 0.212 e. The van der Waals surface area contributed by atoms with Crippen LogP contribution in [0.5, 0.6) is 5.75 Å². The average Bonchev–Trinajstić information content (AvgIpc) is 2.98. The fourth-order valence-electron chi connectivity index (χ4n) is 2.22. The Morgan fingerprint density at radius 2 is 1.90 bits per heavy atom. The van der Waals surface area contributed by atoms with Crippen molar-refractivity contribution in [2.45, 2.75) is 6.92 Å². The van der Waals surface area contributed by atoms with Gasteiger partial charge in [-0.2, -0.15) is 0 Å². The Balaban J connectivity index is 1.92. The van der Waals surface area contributed by atoms with Gasteiger partial charge in [-0.3, -0.25) is 4.57 Å². The summed E-state index contributed by atoms with van der Waals surface area (Å²) in [6.07, 6.45) is 3.73. The largest absolute Gasteiger partial charge is 0.497 e. The number of rotatable bonds is 4. The summed E-state index contributed by atoms with van der Waals surface area (Å²) in [7, 11) is 1.67. The zero-order chi connectivity index (χ0) is 14.7. The Morgan fingerprint density at radius 1 is 1.10 bits per heavy atom. The summed E-state index contributed by atoms with van der Waals surface area (Å²) in [6.45, 7) is 2.04. The van der Waals surface area contributed by atoms with Gasteiger partial charge >= 0.3 is 0 Å². The first-order valence-electron chi connectivity index (χ1n) is 6.78. The third kappa shape index (κ3) is 2.74. The lowest BCUT2D eigenvalue weighted by molar-refractivity contribution is 0.414. The lowest BCUT2D eigenvalue weighted by Gasteiger charge is -2.12. The minimum Gasteiger partial charge on any atom is -0.497 e. The van der Waals surface area contributed by atoms with Crippen LogP contribution in [0.4, 0.5) is 11.6 Å². The predicted molar refractivity (Wildman–Crippen MR) is 84.6 cm³/mol. The van der Waals surface area contributed by atoms with Gasteiger partial charge in [0.05, 0.1) is 7.11 Å². The van der Waals surface area contributed by atoms with Gasteiger partial charge in [0.1, 0.15) is 5.75 Å². The number of nitrogens with zero attached hydrogens (tertiary/aromatic N) is 2. The van der Waals surface area contributed by atoms with Gasteiger partial charge in [0.15, 0.2) is 0 Å². The van der Waals surface area contributed by atoms with E-state index in [0.717, 1.165) is 28.6 Å². The number of nitrogens with one attached hydrogen (secondary N) is 1. The molecule has 0 aliphatic carbocycles. The van der Waals surface area contributed by atoms with Crippen LogP contribution in [0.15, 0.2) is 60.9 Å². The van der Waals surface area contributed by atoms with E-state index in [-0.39, 0.29) is 0 Å². The topological polar surface area (TPSA) is 39.1 Å². The molecule has 3 rings (SSSR count). The van der Waals surface area contributed by atoms with Gasteiger partial charge in [-0.05, 0) is 42.8 Å². The summed E-state index contributed by atoms with van der Waals surface area (Å²) in [6, 6.07) is 16.1. The molecule has 0 spiro atoms. The summed E-state index contributed by atoms with van der Waals surface area (Å²) in [5, 5.41) is 3.37. The summed E-state index contributed by atoms with van der Waals surface area (Å²) in [5.41, 5.74) is 3.19. The molecule has 0 amide bonds. The maximum absolute atomic E-state index is 5.23. The van der Waals surface area contributed by atoms with Crippen molar-refractivity contribution in [2.75, 3.05) is 12.4 Å². The second kappa shape index (κ2) is 5.71. The SMILES string of the molecule is COc1ccc(Nc2nccn2-c2ccccc2)c(C)c1. The van der Waals surface area contributed by atoms with Crippen LogP contribution in [-0.2, 0) is 0 Å². The second-order valence-electron chi connectivity index (χ2n) is 4.76. The molecule has 4 nitrogen and oxygen atoms in total. The van der Waals surface area contributed by atoms with Crippen molar-refractivity contribution in [3.8, 4) is 11.4 Å². The molecule has 106 valence electrons. The second-order valence-corrected chi connectivity index (χ2v) is 4.76. The van der Waals surface area contributed by atoms with Gasteiger partial charge in [-0.1, -0.05) is 18.2 Å². The van der Waals surface area contributed by atoms with E-state index in [1.807, 2.05) is 66.2 Å². The highest BCUT2D eigenvalue weighted by Gasteiger charge is 2.07. The first-order valence-corrected chi connectivity index (χ1v) is 6.78. The van der Waals surface area contributed by atoms with Crippen molar-refractivity contribution >= 4 is 11.6 Å². The van der Waals surface area contributed by atoms with Gasteiger partial charge in [0.25, 0.3) is 0 Å². The molecule has 0 radical (unpaired) electrons. The molecule has 0 atom stereocenters. The van der Waals surface area contributed by atoms with E-state index >= 15 is 0 Å². The molecular weight excluding hydrogens is 262 g/mol. The highest BCUT2D eigenvalue weighted by molar-refractivity contribution is 5.61. The summed E-state index contributed by atoms with van der Waals surface area (Å²) >= 11 is 0. The molecule has 0 unspecified atom stereocenters. The van der Waals surface area contributed by atoms with Crippen molar-refractivity contribution in [3.63, 3.8) is 0 Å². The molecule has 21 heavy (non-hydrogen) atoms. The van der Waals surface area contributed by atoms with Crippen LogP contribution < -0.4 is 10.1 Å². The van der Waals surface area contributed by atoms with Gasteiger partial charge in [0.2, 0.25) is 5.95 Å². The predicted octanol–water partition coefficient (Wildman–Crippen LogP) is 3.93. The molecule has 0 aliphatic rings. The van der Waals surface area contributed by atoms with Crippen LogP contribution >= 0.6 is 0 Å². The number of benzene rings is 2. The number of anilines is 2. The lowest BCUT2D eigenvalue weighted by atomic mass is 10.2. The zero-order valence-electron chi connectivity index (χ0n) is 12.1. The molecule has 0 saturated carbocycles. The molecule has 0 bridgehead atoms. The van der Waals surface area contributed by atoms with Crippen molar-refractivity contribution < 1.29 is 4.74 Å². The Kier molecular flexibility index (Phi) is 3.60. The third-order valence-corrected chi connectivity index (χ3v) is 3.36. The van der Waals surface area contributed by atoms with E-state index in [9.17, 15) is 0 Å². The number of hydrogen-bond donors (Lipinski definition) is 1. The lowest BCUT2D eigenvalue weighted by Crippen LogP contribution is -2.02. The highest BCUT2D eigenvalue weighted by Crippen LogP contribution is 2.25. The number of hydrogen-bond acceptors (Lipinski definition) is 3. The van der Waals surface area contributed by atoms with E-state index in [2.05, 4.69) is 10.3 Å². The Bertz CT molecular complexity index is 735. The van der Waals surface area contributed by atoms with E-state index in [4.69, 9.17) is 4.74 Å². The number of imidazole rings is 1.